The van der Waals surface area contributed by atoms with Gasteiger partial charge in [-0.25, -0.2) is 15.0 Å². The normalized spacial score (nSPS) is 11.9. The van der Waals surface area contributed by atoms with E-state index in [4.69, 9.17) is 16.7 Å². The van der Waals surface area contributed by atoms with Crippen LogP contribution < -0.4 is 5.32 Å². The topological polar surface area (TPSA) is 131 Å². The number of hydrogen-bond acceptors (Lipinski definition) is 9. The second-order valence-corrected chi connectivity index (χ2v) is 10.2. The van der Waals surface area contributed by atoms with Gasteiger partial charge in [-0.2, -0.15) is 0 Å². The van der Waals surface area contributed by atoms with Crippen molar-refractivity contribution in [1.82, 2.24) is 25.1 Å². The van der Waals surface area contributed by atoms with Crippen molar-refractivity contribution >= 4 is 40.4 Å². The molecule has 3 heterocycles. The number of aliphatic hydroxyl groups excluding tert-OH is 1. The van der Waals surface area contributed by atoms with Crippen LogP contribution in [0.25, 0.3) is 0 Å². The van der Waals surface area contributed by atoms with Crippen molar-refractivity contribution in [3.05, 3.63) is 56.6 Å². The molecule has 0 aliphatic rings. The van der Waals surface area contributed by atoms with Crippen LogP contribution in [-0.2, 0) is 5.41 Å². The van der Waals surface area contributed by atoms with Gasteiger partial charge >= 0.3 is 0 Å². The Labute approximate surface area is 212 Å². The molecule has 3 rings (SSSR count). The number of carbonyl (C=O) groups excluding carboxylic acids is 2. The van der Waals surface area contributed by atoms with E-state index in [1.165, 1.54) is 29.9 Å². The molecule has 0 saturated carbocycles. The number of Topliss-reactive ketones (excluding diaryl/α,β-unsaturated/α-hetero) is 1. The number of nitrogens with one attached hydrogen (secondary N) is 1. The molecule has 0 aromatic carbocycles. The average Bonchev–Trinajstić information content (AvgIpc) is 3.31. The molecular formula is C24H25ClN6O3S. The van der Waals surface area contributed by atoms with Crippen LogP contribution in [0.1, 0.15) is 82.9 Å². The Balaban J connectivity index is 1.66. The van der Waals surface area contributed by atoms with Crippen LogP contribution in [0.3, 0.4) is 0 Å². The SMILES string of the molecule is CC(CC(=O)c1cc(C#CCCO)ncn1)c1ncc(C(=O)Nc2cc(C(C)(C)C)c(Cl)nn2)s1. The number of hydrogen-bond donors (Lipinski definition) is 2. The van der Waals surface area contributed by atoms with Crippen molar-refractivity contribution in [1.29, 1.82) is 0 Å². The number of halogens is 1. The molecule has 35 heavy (non-hydrogen) atoms. The Morgan fingerprint density at radius 2 is 1.97 bits per heavy atom. The minimum Gasteiger partial charge on any atom is -0.395 e. The Morgan fingerprint density at radius 3 is 2.69 bits per heavy atom. The standard InChI is InChI=1S/C24H25ClN6O3S/c1-14(9-18(33)17-10-15(27-13-28-17)7-5-6-8-32)23-26-12-19(35-23)22(34)29-20-11-16(24(2,3)4)21(25)31-30-20/h10-14,32H,6,8-9H2,1-4H3,(H,29,30,34). The Bertz CT molecular complexity index is 1290. The lowest BCUT2D eigenvalue weighted by Gasteiger charge is -2.20. The van der Waals surface area contributed by atoms with Crippen LogP contribution >= 0.6 is 22.9 Å². The Kier molecular flexibility index (Phi) is 8.62. The van der Waals surface area contributed by atoms with E-state index in [1.54, 1.807) is 6.07 Å². The molecule has 3 aromatic heterocycles. The second kappa shape index (κ2) is 11.4. The van der Waals surface area contributed by atoms with Gasteiger partial charge in [-0.3, -0.25) is 9.59 Å². The van der Waals surface area contributed by atoms with Gasteiger partial charge in [0.15, 0.2) is 16.8 Å². The molecule has 0 fully saturated rings. The lowest BCUT2D eigenvalue weighted by atomic mass is 9.88. The highest BCUT2D eigenvalue weighted by atomic mass is 35.5. The number of rotatable bonds is 7. The maximum Gasteiger partial charge on any atom is 0.268 e. The van der Waals surface area contributed by atoms with Crippen molar-refractivity contribution in [2.45, 2.75) is 51.9 Å². The first-order valence-electron chi connectivity index (χ1n) is 10.8. The minimum atomic E-state index is -0.370. The number of aromatic nitrogens is 5. The average molecular weight is 513 g/mol. The fourth-order valence-corrected chi connectivity index (χ4v) is 4.26. The molecule has 1 amide bonds. The van der Waals surface area contributed by atoms with Crippen LogP contribution in [-0.4, -0.2) is 48.6 Å². The first-order valence-corrected chi connectivity index (χ1v) is 12.0. The Morgan fingerprint density at radius 1 is 1.20 bits per heavy atom. The summed E-state index contributed by atoms with van der Waals surface area (Å²) in [6, 6.07) is 3.24. The van der Waals surface area contributed by atoms with E-state index in [2.05, 4.69) is 42.3 Å². The molecule has 182 valence electrons. The zero-order valence-electron chi connectivity index (χ0n) is 19.8. The largest absolute Gasteiger partial charge is 0.395 e. The summed E-state index contributed by atoms with van der Waals surface area (Å²) in [4.78, 5) is 38.2. The molecule has 1 atom stereocenters. The first kappa shape index (κ1) is 26.3. The van der Waals surface area contributed by atoms with Gasteiger partial charge in [-0.15, -0.1) is 21.5 Å². The van der Waals surface area contributed by atoms with E-state index in [-0.39, 0.29) is 41.7 Å². The molecule has 9 nitrogen and oxygen atoms in total. The zero-order valence-corrected chi connectivity index (χ0v) is 21.4. The van der Waals surface area contributed by atoms with Crippen LogP contribution in [0.2, 0.25) is 5.15 Å². The van der Waals surface area contributed by atoms with Gasteiger partial charge in [-0.05, 0) is 17.4 Å². The summed E-state index contributed by atoms with van der Waals surface area (Å²) in [6.45, 7) is 7.80. The number of thiazole rings is 1. The minimum absolute atomic E-state index is 0.0414. The molecular weight excluding hydrogens is 488 g/mol. The van der Waals surface area contributed by atoms with Gasteiger partial charge in [0.2, 0.25) is 0 Å². The molecule has 2 N–H and O–H groups in total. The number of nitrogens with zero attached hydrogens (tertiary/aromatic N) is 5. The van der Waals surface area contributed by atoms with Gasteiger partial charge in [0.25, 0.3) is 5.91 Å². The predicted octanol–water partition coefficient (Wildman–Crippen LogP) is 4.04. The molecule has 3 aromatic rings. The van der Waals surface area contributed by atoms with Gasteiger partial charge in [0, 0.05) is 30.4 Å². The van der Waals surface area contributed by atoms with Crippen molar-refractivity contribution in [3.63, 3.8) is 0 Å². The summed E-state index contributed by atoms with van der Waals surface area (Å²) >= 11 is 7.36. The van der Waals surface area contributed by atoms with Crippen LogP contribution in [0.5, 0.6) is 0 Å². The van der Waals surface area contributed by atoms with Crippen LogP contribution in [0.4, 0.5) is 5.82 Å². The quantitative estimate of drug-likeness (QED) is 0.358. The van der Waals surface area contributed by atoms with Gasteiger partial charge in [0.05, 0.1) is 17.8 Å². The summed E-state index contributed by atoms with van der Waals surface area (Å²) < 4.78 is 0. The van der Waals surface area contributed by atoms with Gasteiger partial charge < -0.3 is 10.4 Å². The number of aliphatic hydroxyl groups is 1. The summed E-state index contributed by atoms with van der Waals surface area (Å²) in [5.74, 6) is 5.07. The third-order valence-electron chi connectivity index (χ3n) is 4.86. The highest BCUT2D eigenvalue weighted by Gasteiger charge is 2.22. The van der Waals surface area contributed by atoms with E-state index < -0.39 is 0 Å². The number of amides is 1. The smallest absolute Gasteiger partial charge is 0.268 e. The maximum absolute atomic E-state index is 12.7. The highest BCUT2D eigenvalue weighted by molar-refractivity contribution is 7.13. The molecule has 0 saturated heterocycles. The zero-order chi connectivity index (χ0) is 25.6. The van der Waals surface area contributed by atoms with Gasteiger partial charge in [-0.1, -0.05) is 45.2 Å². The number of ketones is 1. The lowest BCUT2D eigenvalue weighted by Crippen LogP contribution is -2.17. The van der Waals surface area contributed by atoms with E-state index in [0.29, 0.717) is 33.0 Å². The predicted molar refractivity (Wildman–Crippen MR) is 134 cm³/mol. The number of anilines is 1. The fourth-order valence-electron chi connectivity index (χ4n) is 3.02. The van der Waals surface area contributed by atoms with Gasteiger partial charge in [0.1, 0.15) is 22.6 Å². The maximum atomic E-state index is 12.7. The van der Waals surface area contributed by atoms with Crippen molar-refractivity contribution in [2.75, 3.05) is 11.9 Å². The second-order valence-electron chi connectivity index (χ2n) is 8.79. The fraction of sp³-hybridized carbons (Fsp3) is 0.375. The summed E-state index contributed by atoms with van der Waals surface area (Å²) in [5, 5.41) is 20.4. The van der Waals surface area contributed by atoms with E-state index in [9.17, 15) is 9.59 Å². The monoisotopic (exact) mass is 512 g/mol. The van der Waals surface area contributed by atoms with E-state index >= 15 is 0 Å². The van der Waals surface area contributed by atoms with E-state index in [0.717, 1.165) is 5.56 Å². The molecule has 0 spiro atoms. The number of carbonyl (C=O) groups is 2. The molecule has 0 radical (unpaired) electrons. The molecule has 11 heteroatoms. The summed E-state index contributed by atoms with van der Waals surface area (Å²) in [6.07, 6.45) is 3.25. The third kappa shape index (κ3) is 7.11. The molecule has 0 aliphatic heterocycles. The van der Waals surface area contributed by atoms with Crippen molar-refractivity contribution in [2.24, 2.45) is 0 Å². The van der Waals surface area contributed by atoms with E-state index in [1.807, 2.05) is 27.7 Å². The summed E-state index contributed by atoms with van der Waals surface area (Å²) in [5.41, 5.74) is 1.18. The highest BCUT2D eigenvalue weighted by Crippen LogP contribution is 2.30. The third-order valence-corrected chi connectivity index (χ3v) is 6.37. The lowest BCUT2D eigenvalue weighted by molar-refractivity contribution is 0.0969. The molecule has 0 aliphatic carbocycles. The first-order chi connectivity index (χ1) is 16.6. The summed E-state index contributed by atoms with van der Waals surface area (Å²) in [7, 11) is 0. The van der Waals surface area contributed by atoms with Crippen LogP contribution in [0, 0.1) is 11.8 Å². The van der Waals surface area contributed by atoms with Crippen molar-refractivity contribution < 1.29 is 14.7 Å². The molecule has 0 bridgehead atoms. The van der Waals surface area contributed by atoms with Crippen molar-refractivity contribution in [3.8, 4) is 11.8 Å². The Hall–Kier alpha value is -3.26. The molecule has 1 unspecified atom stereocenters. The van der Waals surface area contributed by atoms with Crippen LogP contribution in [0.15, 0.2) is 24.7 Å².